The Bertz CT molecular complexity index is 619. The lowest BCUT2D eigenvalue weighted by Crippen LogP contribution is -2.42. The topological polar surface area (TPSA) is 83.5 Å². The molecule has 1 rings (SSSR count). The van der Waals surface area contributed by atoms with Gasteiger partial charge in [0.15, 0.2) is 5.78 Å². The molecular formula is C21H27NO4. The largest absolute Gasteiger partial charge is 0.480 e. The van der Waals surface area contributed by atoms with Crippen LogP contribution in [0.3, 0.4) is 0 Å². The number of hydrogen-bond donors (Lipinski definition) is 2. The zero-order chi connectivity index (χ0) is 19.2. The third-order valence-corrected chi connectivity index (χ3v) is 4.09. The Hall–Kier alpha value is -2.61. The van der Waals surface area contributed by atoms with Crippen molar-refractivity contribution in [1.29, 1.82) is 0 Å². The predicted molar refractivity (Wildman–Crippen MR) is 101 cm³/mol. The average Bonchev–Trinajstić information content (AvgIpc) is 2.64. The first kappa shape index (κ1) is 21.4. The molecule has 0 aromatic heterocycles. The van der Waals surface area contributed by atoms with Crippen molar-refractivity contribution in [1.82, 2.24) is 5.32 Å². The monoisotopic (exact) mass is 357 g/mol. The first-order chi connectivity index (χ1) is 12.5. The van der Waals surface area contributed by atoms with Crippen molar-refractivity contribution in [3.8, 4) is 12.3 Å². The maximum Gasteiger partial charge on any atom is 0.326 e. The maximum atomic E-state index is 12.1. The summed E-state index contributed by atoms with van der Waals surface area (Å²) in [6.07, 6.45) is 11.9. The van der Waals surface area contributed by atoms with Gasteiger partial charge in [-0.1, -0.05) is 56.0 Å². The molecule has 1 aromatic carbocycles. The number of unbranched alkanes of at least 4 members (excludes halogenated alkanes) is 6. The quantitative estimate of drug-likeness (QED) is 0.321. The molecule has 0 fully saturated rings. The summed E-state index contributed by atoms with van der Waals surface area (Å²) in [6.45, 7) is 0. The van der Waals surface area contributed by atoms with Crippen molar-refractivity contribution in [2.45, 2.75) is 63.8 Å². The van der Waals surface area contributed by atoms with Crippen LogP contribution in [0.5, 0.6) is 0 Å². The molecule has 0 aliphatic carbocycles. The van der Waals surface area contributed by atoms with E-state index in [2.05, 4.69) is 11.2 Å². The molecule has 26 heavy (non-hydrogen) atoms. The normalized spacial score (nSPS) is 11.3. The van der Waals surface area contributed by atoms with E-state index in [1.165, 1.54) is 0 Å². The number of carbonyl (C=O) groups excluding carboxylic acids is 2. The van der Waals surface area contributed by atoms with E-state index in [0.717, 1.165) is 38.5 Å². The molecule has 5 heteroatoms. The highest BCUT2D eigenvalue weighted by atomic mass is 16.4. The predicted octanol–water partition coefficient (Wildman–Crippen LogP) is 3.58. The maximum absolute atomic E-state index is 12.1. The molecule has 2 N–H and O–H groups in total. The second-order valence-electron chi connectivity index (χ2n) is 6.28. The smallest absolute Gasteiger partial charge is 0.326 e. The van der Waals surface area contributed by atoms with E-state index in [1.54, 1.807) is 30.3 Å². The van der Waals surface area contributed by atoms with Crippen molar-refractivity contribution in [2.24, 2.45) is 0 Å². The average molecular weight is 357 g/mol. The molecule has 0 spiro atoms. The van der Waals surface area contributed by atoms with Crippen LogP contribution in [-0.4, -0.2) is 28.8 Å². The number of nitrogens with one attached hydrogen (secondary N) is 1. The Morgan fingerprint density at radius 3 is 2.23 bits per heavy atom. The molecule has 0 unspecified atom stereocenters. The minimum atomic E-state index is -1.20. The van der Waals surface area contributed by atoms with Crippen LogP contribution in [0.25, 0.3) is 0 Å². The molecule has 0 bridgehead atoms. The lowest BCUT2D eigenvalue weighted by molar-refractivity contribution is -0.141. The second kappa shape index (κ2) is 12.7. The van der Waals surface area contributed by atoms with Gasteiger partial charge >= 0.3 is 5.97 Å². The van der Waals surface area contributed by atoms with Crippen molar-refractivity contribution in [2.75, 3.05) is 0 Å². The molecular weight excluding hydrogens is 330 g/mol. The Morgan fingerprint density at radius 2 is 1.62 bits per heavy atom. The number of aliphatic carboxylic acids is 1. The highest BCUT2D eigenvalue weighted by Gasteiger charge is 2.23. The van der Waals surface area contributed by atoms with Gasteiger partial charge in [0.05, 0.1) is 0 Å². The van der Waals surface area contributed by atoms with E-state index in [-0.39, 0.29) is 24.5 Å². The third kappa shape index (κ3) is 9.03. The van der Waals surface area contributed by atoms with Gasteiger partial charge in [0.1, 0.15) is 6.04 Å². The van der Waals surface area contributed by atoms with Gasteiger partial charge in [-0.3, -0.25) is 9.59 Å². The minimum absolute atomic E-state index is 0.250. The number of terminal acetylenes is 1. The van der Waals surface area contributed by atoms with E-state index in [1.807, 2.05) is 0 Å². The van der Waals surface area contributed by atoms with Gasteiger partial charge in [-0.05, 0) is 12.8 Å². The molecule has 1 atom stereocenters. The van der Waals surface area contributed by atoms with Gasteiger partial charge in [0.2, 0.25) is 5.91 Å². The first-order valence-electron chi connectivity index (χ1n) is 9.08. The molecule has 0 aliphatic heterocycles. The van der Waals surface area contributed by atoms with Gasteiger partial charge in [0.25, 0.3) is 0 Å². The van der Waals surface area contributed by atoms with Crippen LogP contribution in [-0.2, 0) is 9.59 Å². The van der Waals surface area contributed by atoms with Crippen molar-refractivity contribution >= 4 is 17.7 Å². The lowest BCUT2D eigenvalue weighted by atomic mass is 10.0. The number of amides is 1. The van der Waals surface area contributed by atoms with Crippen LogP contribution >= 0.6 is 0 Å². The summed E-state index contributed by atoms with van der Waals surface area (Å²) in [5, 5.41) is 11.7. The molecule has 5 nitrogen and oxygen atoms in total. The van der Waals surface area contributed by atoms with E-state index >= 15 is 0 Å². The summed E-state index contributed by atoms with van der Waals surface area (Å²) in [4.78, 5) is 35.4. The van der Waals surface area contributed by atoms with Gasteiger partial charge in [-0.2, -0.15) is 0 Å². The molecule has 0 saturated heterocycles. The zero-order valence-electron chi connectivity index (χ0n) is 15.1. The number of carbonyl (C=O) groups is 3. The first-order valence-corrected chi connectivity index (χ1v) is 9.08. The molecule has 1 amide bonds. The highest BCUT2D eigenvalue weighted by molar-refractivity contribution is 5.99. The lowest BCUT2D eigenvalue weighted by Gasteiger charge is -2.14. The fraction of sp³-hybridized carbons (Fsp3) is 0.476. The second-order valence-corrected chi connectivity index (χ2v) is 6.28. The number of carboxylic acid groups (broad SMARTS) is 1. The van der Waals surface area contributed by atoms with E-state index in [9.17, 15) is 19.5 Å². The van der Waals surface area contributed by atoms with Crippen LogP contribution in [0.4, 0.5) is 0 Å². The number of hydrogen-bond acceptors (Lipinski definition) is 3. The summed E-state index contributed by atoms with van der Waals surface area (Å²) >= 11 is 0. The van der Waals surface area contributed by atoms with Gasteiger partial charge in [-0.15, -0.1) is 12.3 Å². The Labute approximate surface area is 155 Å². The molecule has 0 heterocycles. The molecule has 1 aromatic rings. The van der Waals surface area contributed by atoms with Crippen molar-refractivity contribution in [3.63, 3.8) is 0 Å². The summed E-state index contributed by atoms with van der Waals surface area (Å²) in [5.41, 5.74) is 0.442. The van der Waals surface area contributed by atoms with E-state index in [0.29, 0.717) is 12.0 Å². The van der Waals surface area contributed by atoms with E-state index < -0.39 is 12.0 Å². The van der Waals surface area contributed by atoms with Crippen molar-refractivity contribution in [3.05, 3.63) is 35.9 Å². The standard InChI is InChI=1S/C21H27NO4/c1-2-3-4-5-6-7-8-12-15-20(24)22-18(21(25)26)16-19(23)17-13-10-9-11-14-17/h1,9-11,13-14,18H,3-8,12,15-16H2,(H,22,24)(H,25,26)/t18-/m1/s1. The number of benzene rings is 1. The molecule has 0 saturated carbocycles. The van der Waals surface area contributed by atoms with Gasteiger partial charge in [0, 0.05) is 24.8 Å². The Morgan fingerprint density at radius 1 is 1.00 bits per heavy atom. The summed E-state index contributed by atoms with van der Waals surface area (Å²) in [5.74, 6) is 0.784. The summed E-state index contributed by atoms with van der Waals surface area (Å²) in [7, 11) is 0. The molecule has 140 valence electrons. The SMILES string of the molecule is C#CCCCCCCCCC(=O)N[C@H](CC(=O)c1ccccc1)C(=O)O. The van der Waals surface area contributed by atoms with Crippen LogP contribution < -0.4 is 5.32 Å². The fourth-order valence-corrected chi connectivity index (χ4v) is 2.61. The fourth-order valence-electron chi connectivity index (χ4n) is 2.61. The molecule has 0 radical (unpaired) electrons. The number of carboxylic acids is 1. The third-order valence-electron chi connectivity index (χ3n) is 4.09. The van der Waals surface area contributed by atoms with Crippen LogP contribution in [0, 0.1) is 12.3 Å². The van der Waals surface area contributed by atoms with Gasteiger partial charge < -0.3 is 10.4 Å². The Balaban J connectivity index is 2.29. The summed E-state index contributed by atoms with van der Waals surface area (Å²) in [6, 6.07) is 7.28. The number of Topliss-reactive ketones (excluding diaryl/α,β-unsaturated/α-hetero) is 1. The summed E-state index contributed by atoms with van der Waals surface area (Å²) < 4.78 is 0. The zero-order valence-corrected chi connectivity index (χ0v) is 15.1. The van der Waals surface area contributed by atoms with Gasteiger partial charge in [-0.25, -0.2) is 4.79 Å². The Kier molecular flexibility index (Phi) is 10.5. The highest BCUT2D eigenvalue weighted by Crippen LogP contribution is 2.09. The van der Waals surface area contributed by atoms with Crippen LogP contribution in [0.15, 0.2) is 30.3 Å². The number of ketones is 1. The minimum Gasteiger partial charge on any atom is -0.480 e. The van der Waals surface area contributed by atoms with E-state index in [4.69, 9.17) is 6.42 Å². The molecule has 0 aliphatic rings. The van der Waals surface area contributed by atoms with Crippen LogP contribution in [0.2, 0.25) is 0 Å². The van der Waals surface area contributed by atoms with Crippen LogP contribution in [0.1, 0.15) is 68.1 Å². The number of rotatable bonds is 13. The van der Waals surface area contributed by atoms with Crippen molar-refractivity contribution < 1.29 is 19.5 Å².